The van der Waals surface area contributed by atoms with Crippen LogP contribution in [-0.4, -0.2) is 22.0 Å². The number of aromatic nitrogens is 1. The van der Waals surface area contributed by atoms with Crippen molar-refractivity contribution in [1.82, 2.24) is 10.3 Å². The van der Waals surface area contributed by atoms with Crippen LogP contribution in [0, 0.1) is 0 Å². The summed E-state index contributed by atoms with van der Waals surface area (Å²) >= 11 is 0. The van der Waals surface area contributed by atoms with Gasteiger partial charge in [0.25, 0.3) is 0 Å². The second-order valence-corrected chi connectivity index (χ2v) is 6.78. The smallest absolute Gasteiger partial charge is 0.334 e. The Kier molecular flexibility index (Phi) is 3.99. The number of aryl methyl sites for hydroxylation is 2. The highest BCUT2D eigenvalue weighted by atomic mass is 16.4. The molecule has 5 nitrogen and oxygen atoms in total. The first-order chi connectivity index (χ1) is 12.6. The van der Waals surface area contributed by atoms with Crippen molar-refractivity contribution in [3.63, 3.8) is 0 Å². The first-order valence-electron chi connectivity index (χ1n) is 8.78. The number of carbonyl (C=O) groups is 2. The third kappa shape index (κ3) is 2.65. The predicted molar refractivity (Wildman–Crippen MR) is 98.8 cm³/mol. The maximum Gasteiger partial charge on any atom is 0.334 e. The number of rotatable bonds is 5. The van der Waals surface area contributed by atoms with E-state index in [-0.39, 0.29) is 12.3 Å². The van der Waals surface area contributed by atoms with Gasteiger partial charge in [-0.2, -0.15) is 0 Å². The number of benzene rings is 2. The van der Waals surface area contributed by atoms with Gasteiger partial charge in [0.1, 0.15) is 0 Å². The number of aromatic amines is 1. The molecule has 1 aliphatic rings. The summed E-state index contributed by atoms with van der Waals surface area (Å²) in [7, 11) is 0. The van der Waals surface area contributed by atoms with Crippen molar-refractivity contribution in [1.29, 1.82) is 0 Å². The van der Waals surface area contributed by atoms with Crippen molar-refractivity contribution in [2.24, 2.45) is 0 Å². The molecular weight excluding hydrogens is 328 g/mol. The number of hydrogen-bond donors (Lipinski definition) is 3. The topological polar surface area (TPSA) is 82.2 Å². The van der Waals surface area contributed by atoms with E-state index in [1.54, 1.807) is 6.07 Å². The van der Waals surface area contributed by atoms with Crippen molar-refractivity contribution < 1.29 is 14.7 Å². The van der Waals surface area contributed by atoms with Crippen LogP contribution in [0.3, 0.4) is 0 Å². The molecule has 1 amide bonds. The Hall–Kier alpha value is -3.08. The molecule has 0 aliphatic heterocycles. The van der Waals surface area contributed by atoms with E-state index < -0.39 is 11.5 Å². The second kappa shape index (κ2) is 6.33. The molecule has 3 N–H and O–H groups in total. The summed E-state index contributed by atoms with van der Waals surface area (Å²) in [5, 5.41) is 13.7. The summed E-state index contributed by atoms with van der Waals surface area (Å²) in [6.45, 7) is 0. The lowest BCUT2D eigenvalue weighted by atomic mass is 9.91. The number of aliphatic carboxylic acids is 1. The van der Waals surface area contributed by atoms with Gasteiger partial charge < -0.3 is 15.4 Å². The van der Waals surface area contributed by atoms with Crippen LogP contribution < -0.4 is 5.32 Å². The van der Waals surface area contributed by atoms with Crippen LogP contribution in [0.1, 0.15) is 29.5 Å². The van der Waals surface area contributed by atoms with E-state index >= 15 is 0 Å². The van der Waals surface area contributed by atoms with Crippen LogP contribution in [0.15, 0.2) is 54.7 Å². The summed E-state index contributed by atoms with van der Waals surface area (Å²) < 4.78 is 0. The zero-order valence-corrected chi connectivity index (χ0v) is 14.3. The number of carbonyl (C=O) groups excluding carboxylic acids is 1. The number of carboxylic acids is 1. The summed E-state index contributed by atoms with van der Waals surface area (Å²) in [5.74, 6) is -1.24. The molecule has 1 atom stereocenters. The zero-order chi connectivity index (χ0) is 18.1. The standard InChI is InChI=1S/C21H20N2O3/c24-19(10-9-15-13-22-18-8-4-2-6-16(15)18)23-21(20(25)26)12-11-14-5-1-3-7-17(14)21/h1-8,13,22H,9-12H2,(H,23,24)(H,25,26). The van der Waals surface area contributed by atoms with E-state index in [1.165, 1.54) is 0 Å². The van der Waals surface area contributed by atoms with Gasteiger partial charge in [0.05, 0.1) is 0 Å². The number of nitrogens with one attached hydrogen (secondary N) is 2. The summed E-state index contributed by atoms with van der Waals surface area (Å²) in [4.78, 5) is 27.8. The molecule has 1 heterocycles. The summed E-state index contributed by atoms with van der Waals surface area (Å²) in [6.07, 6.45) is 3.77. The number of fused-ring (bicyclic) bond motifs is 2. The number of hydrogen-bond acceptors (Lipinski definition) is 2. The number of amides is 1. The first kappa shape index (κ1) is 16.4. The maximum absolute atomic E-state index is 12.6. The Morgan fingerprint density at radius 1 is 1.12 bits per heavy atom. The van der Waals surface area contributed by atoms with Crippen molar-refractivity contribution in [2.75, 3.05) is 0 Å². The summed E-state index contributed by atoms with van der Waals surface area (Å²) in [5.41, 5.74) is 2.48. The molecule has 2 aromatic carbocycles. The monoisotopic (exact) mass is 348 g/mol. The first-order valence-corrected chi connectivity index (χ1v) is 8.78. The van der Waals surface area contributed by atoms with Crippen molar-refractivity contribution in [2.45, 2.75) is 31.2 Å². The van der Waals surface area contributed by atoms with Gasteiger partial charge in [0.2, 0.25) is 5.91 Å². The highest BCUT2D eigenvalue weighted by Gasteiger charge is 2.46. The fraction of sp³-hybridized carbons (Fsp3) is 0.238. The van der Waals surface area contributed by atoms with E-state index in [4.69, 9.17) is 0 Å². The zero-order valence-electron chi connectivity index (χ0n) is 14.3. The van der Waals surface area contributed by atoms with Gasteiger partial charge in [-0.15, -0.1) is 0 Å². The molecule has 1 unspecified atom stereocenters. The Morgan fingerprint density at radius 3 is 2.73 bits per heavy atom. The largest absolute Gasteiger partial charge is 0.479 e. The molecule has 26 heavy (non-hydrogen) atoms. The molecule has 0 spiro atoms. The second-order valence-electron chi connectivity index (χ2n) is 6.78. The SMILES string of the molecule is O=C(CCc1c[nH]c2ccccc12)NC1(C(=O)O)CCc2ccccc21. The fourth-order valence-electron chi connectivity index (χ4n) is 3.90. The van der Waals surface area contributed by atoms with Crippen LogP contribution in [0.2, 0.25) is 0 Å². The van der Waals surface area contributed by atoms with Crippen LogP contribution in [0.4, 0.5) is 0 Å². The summed E-state index contributed by atoms with van der Waals surface area (Å²) in [6, 6.07) is 15.4. The lowest BCUT2D eigenvalue weighted by Gasteiger charge is -2.27. The third-order valence-electron chi connectivity index (χ3n) is 5.26. The van der Waals surface area contributed by atoms with Crippen molar-refractivity contribution in [3.05, 3.63) is 71.4 Å². The maximum atomic E-state index is 12.6. The minimum absolute atomic E-state index is 0.241. The molecule has 3 aromatic rings. The lowest BCUT2D eigenvalue weighted by Crippen LogP contribution is -2.50. The quantitative estimate of drug-likeness (QED) is 0.662. The van der Waals surface area contributed by atoms with E-state index in [0.29, 0.717) is 24.8 Å². The molecule has 0 bridgehead atoms. The van der Waals surface area contributed by atoms with Gasteiger partial charge in [-0.1, -0.05) is 42.5 Å². The Balaban J connectivity index is 1.51. The van der Waals surface area contributed by atoms with Crippen LogP contribution >= 0.6 is 0 Å². The van der Waals surface area contributed by atoms with E-state index in [9.17, 15) is 14.7 Å². The molecule has 132 valence electrons. The van der Waals surface area contributed by atoms with Gasteiger partial charge in [-0.3, -0.25) is 4.79 Å². The number of H-pyrrole nitrogens is 1. The van der Waals surface area contributed by atoms with Crippen LogP contribution in [0.5, 0.6) is 0 Å². The molecule has 4 rings (SSSR count). The molecule has 1 aromatic heterocycles. The number of para-hydroxylation sites is 1. The van der Waals surface area contributed by atoms with Gasteiger partial charge in [-0.05, 0) is 42.0 Å². The minimum Gasteiger partial charge on any atom is -0.479 e. The molecule has 0 radical (unpaired) electrons. The van der Waals surface area contributed by atoms with E-state index in [1.807, 2.05) is 48.7 Å². The molecule has 0 saturated carbocycles. The highest BCUT2D eigenvalue weighted by molar-refractivity contribution is 5.90. The fourth-order valence-corrected chi connectivity index (χ4v) is 3.90. The van der Waals surface area contributed by atoms with E-state index in [0.717, 1.165) is 22.0 Å². The van der Waals surface area contributed by atoms with Gasteiger partial charge in [0.15, 0.2) is 5.54 Å². The van der Waals surface area contributed by atoms with Gasteiger partial charge in [0, 0.05) is 23.5 Å². The Labute approximate surface area is 151 Å². The molecular formula is C21H20N2O3. The van der Waals surface area contributed by atoms with Gasteiger partial charge in [-0.25, -0.2) is 4.79 Å². The molecule has 0 fully saturated rings. The Morgan fingerprint density at radius 2 is 1.88 bits per heavy atom. The highest BCUT2D eigenvalue weighted by Crippen LogP contribution is 2.37. The van der Waals surface area contributed by atoms with E-state index in [2.05, 4.69) is 10.3 Å². The van der Waals surface area contributed by atoms with Crippen molar-refractivity contribution in [3.8, 4) is 0 Å². The third-order valence-corrected chi connectivity index (χ3v) is 5.26. The van der Waals surface area contributed by atoms with Crippen LogP contribution in [-0.2, 0) is 28.0 Å². The average molecular weight is 348 g/mol. The molecule has 0 saturated heterocycles. The molecule has 5 heteroatoms. The van der Waals surface area contributed by atoms with Crippen LogP contribution in [0.25, 0.3) is 10.9 Å². The minimum atomic E-state index is -1.31. The molecule has 1 aliphatic carbocycles. The normalized spacial score (nSPS) is 18.6. The number of carboxylic acid groups (broad SMARTS) is 1. The van der Waals surface area contributed by atoms with Gasteiger partial charge >= 0.3 is 5.97 Å². The predicted octanol–water partition coefficient (Wildman–Crippen LogP) is 3.14. The lowest BCUT2D eigenvalue weighted by molar-refractivity contribution is -0.148. The van der Waals surface area contributed by atoms with Crippen molar-refractivity contribution >= 4 is 22.8 Å². The average Bonchev–Trinajstić information content (AvgIpc) is 3.23. The Bertz CT molecular complexity index is 992.